The Kier molecular flexibility index (Phi) is 11.2. The van der Waals surface area contributed by atoms with Gasteiger partial charge in [0.15, 0.2) is 0 Å². The van der Waals surface area contributed by atoms with Gasteiger partial charge in [-0.05, 0) is 26.4 Å². The van der Waals surface area contributed by atoms with E-state index in [9.17, 15) is 0 Å². The summed E-state index contributed by atoms with van der Waals surface area (Å²) >= 11 is 0. The maximum Gasteiger partial charge on any atom is 0.0701 e. The topological polar surface area (TPSA) is 43.0 Å². The molecular weight excluding hydrogens is 256 g/mol. The van der Waals surface area contributed by atoms with Gasteiger partial charge >= 0.3 is 0 Å². The second-order valence-electron chi connectivity index (χ2n) is 5.27. The van der Waals surface area contributed by atoms with Gasteiger partial charge < -0.3 is 19.5 Å². The SMILES string of the molecule is CCCCOCCOCCOCCN1CCC(NC)C1. The van der Waals surface area contributed by atoms with E-state index in [-0.39, 0.29) is 0 Å². The fourth-order valence-electron chi connectivity index (χ4n) is 2.25. The quantitative estimate of drug-likeness (QED) is 0.515. The van der Waals surface area contributed by atoms with E-state index >= 15 is 0 Å². The number of hydrogen-bond acceptors (Lipinski definition) is 5. The summed E-state index contributed by atoms with van der Waals surface area (Å²) in [6, 6.07) is 0.658. The van der Waals surface area contributed by atoms with Gasteiger partial charge in [-0.2, -0.15) is 0 Å². The summed E-state index contributed by atoms with van der Waals surface area (Å²) in [7, 11) is 2.04. The number of nitrogens with one attached hydrogen (secondary N) is 1. The van der Waals surface area contributed by atoms with E-state index in [2.05, 4.69) is 17.1 Å². The van der Waals surface area contributed by atoms with Crippen LogP contribution in [0.2, 0.25) is 0 Å². The zero-order chi connectivity index (χ0) is 14.5. The molecule has 1 N–H and O–H groups in total. The van der Waals surface area contributed by atoms with E-state index in [1.807, 2.05) is 7.05 Å². The molecule has 1 aliphatic heterocycles. The molecule has 0 aromatic rings. The van der Waals surface area contributed by atoms with Gasteiger partial charge in [0, 0.05) is 25.7 Å². The number of likely N-dealkylation sites (tertiary alicyclic amines) is 1. The molecule has 1 heterocycles. The molecule has 0 aromatic carbocycles. The first kappa shape index (κ1) is 17.9. The number of ether oxygens (including phenoxy) is 3. The molecule has 5 nitrogen and oxygen atoms in total. The molecule has 20 heavy (non-hydrogen) atoms. The van der Waals surface area contributed by atoms with Crippen molar-refractivity contribution in [1.29, 1.82) is 0 Å². The van der Waals surface area contributed by atoms with Gasteiger partial charge in [-0.25, -0.2) is 0 Å². The largest absolute Gasteiger partial charge is 0.379 e. The van der Waals surface area contributed by atoms with Crippen LogP contribution < -0.4 is 5.32 Å². The molecule has 1 fully saturated rings. The first-order chi connectivity index (χ1) is 9.86. The van der Waals surface area contributed by atoms with Crippen molar-refractivity contribution in [3.63, 3.8) is 0 Å². The van der Waals surface area contributed by atoms with Crippen molar-refractivity contribution >= 4 is 0 Å². The van der Waals surface area contributed by atoms with Crippen LogP contribution >= 0.6 is 0 Å². The second-order valence-corrected chi connectivity index (χ2v) is 5.27. The van der Waals surface area contributed by atoms with Gasteiger partial charge in [0.25, 0.3) is 0 Å². The van der Waals surface area contributed by atoms with E-state index in [1.165, 1.54) is 19.4 Å². The Bertz CT molecular complexity index is 217. The fraction of sp³-hybridized carbons (Fsp3) is 1.00. The van der Waals surface area contributed by atoms with Gasteiger partial charge in [0.05, 0.1) is 33.0 Å². The predicted octanol–water partition coefficient (Wildman–Crippen LogP) is 1.13. The minimum Gasteiger partial charge on any atom is -0.379 e. The molecule has 0 aliphatic carbocycles. The van der Waals surface area contributed by atoms with Gasteiger partial charge in [-0.1, -0.05) is 13.3 Å². The predicted molar refractivity (Wildman–Crippen MR) is 81.3 cm³/mol. The summed E-state index contributed by atoms with van der Waals surface area (Å²) in [5.41, 5.74) is 0. The van der Waals surface area contributed by atoms with Gasteiger partial charge in [-0.3, -0.25) is 4.90 Å². The third-order valence-corrected chi connectivity index (χ3v) is 3.62. The van der Waals surface area contributed by atoms with Crippen molar-refractivity contribution in [3.05, 3.63) is 0 Å². The van der Waals surface area contributed by atoms with Crippen molar-refractivity contribution < 1.29 is 14.2 Å². The molecule has 5 heteroatoms. The molecule has 0 amide bonds. The Hall–Kier alpha value is -0.200. The lowest BCUT2D eigenvalue weighted by Gasteiger charge is -2.15. The van der Waals surface area contributed by atoms with Crippen LogP contribution in [0.25, 0.3) is 0 Å². The number of nitrogens with zero attached hydrogens (tertiary/aromatic N) is 1. The molecule has 0 spiro atoms. The monoisotopic (exact) mass is 288 g/mol. The van der Waals surface area contributed by atoms with Gasteiger partial charge in [0.1, 0.15) is 0 Å². The van der Waals surface area contributed by atoms with Crippen molar-refractivity contribution in [2.24, 2.45) is 0 Å². The Morgan fingerprint density at radius 2 is 1.65 bits per heavy atom. The number of likely N-dealkylation sites (N-methyl/N-ethyl adjacent to an activating group) is 1. The zero-order valence-corrected chi connectivity index (χ0v) is 13.2. The summed E-state index contributed by atoms with van der Waals surface area (Å²) in [6.07, 6.45) is 3.56. The molecule has 0 saturated carbocycles. The van der Waals surface area contributed by atoms with Crippen molar-refractivity contribution in [3.8, 4) is 0 Å². The first-order valence-electron chi connectivity index (χ1n) is 7.99. The molecule has 120 valence electrons. The van der Waals surface area contributed by atoms with Crippen LogP contribution in [-0.4, -0.2) is 77.3 Å². The molecule has 1 aliphatic rings. The van der Waals surface area contributed by atoms with Crippen LogP contribution in [0.15, 0.2) is 0 Å². The highest BCUT2D eigenvalue weighted by molar-refractivity contribution is 4.79. The molecule has 0 radical (unpaired) electrons. The van der Waals surface area contributed by atoms with Gasteiger partial charge in [0.2, 0.25) is 0 Å². The first-order valence-corrected chi connectivity index (χ1v) is 7.99. The summed E-state index contributed by atoms with van der Waals surface area (Å²) in [6.45, 7) is 9.87. The summed E-state index contributed by atoms with van der Waals surface area (Å²) in [4.78, 5) is 2.45. The molecule has 0 bridgehead atoms. The fourth-order valence-corrected chi connectivity index (χ4v) is 2.25. The Morgan fingerprint density at radius 1 is 1.00 bits per heavy atom. The van der Waals surface area contributed by atoms with Crippen LogP contribution in [0.5, 0.6) is 0 Å². The average molecular weight is 288 g/mol. The number of unbranched alkanes of at least 4 members (excludes halogenated alkanes) is 1. The Labute approximate surface area is 123 Å². The zero-order valence-electron chi connectivity index (χ0n) is 13.2. The Balaban J connectivity index is 1.75. The molecular formula is C15H32N2O3. The number of hydrogen-bond donors (Lipinski definition) is 1. The van der Waals surface area contributed by atoms with Crippen LogP contribution in [0.3, 0.4) is 0 Å². The smallest absolute Gasteiger partial charge is 0.0701 e. The average Bonchev–Trinajstić information content (AvgIpc) is 2.93. The lowest BCUT2D eigenvalue weighted by Crippen LogP contribution is -2.31. The molecule has 1 unspecified atom stereocenters. The Morgan fingerprint density at radius 3 is 2.25 bits per heavy atom. The normalized spacial score (nSPS) is 19.8. The summed E-state index contributed by atoms with van der Waals surface area (Å²) < 4.78 is 16.4. The van der Waals surface area contributed by atoms with E-state index in [1.54, 1.807) is 0 Å². The molecule has 1 atom stereocenters. The van der Waals surface area contributed by atoms with E-state index in [0.717, 1.165) is 32.7 Å². The van der Waals surface area contributed by atoms with Crippen molar-refractivity contribution in [1.82, 2.24) is 10.2 Å². The highest BCUT2D eigenvalue weighted by Gasteiger charge is 2.19. The summed E-state index contributed by atoms with van der Waals surface area (Å²) in [5.74, 6) is 0. The lowest BCUT2D eigenvalue weighted by molar-refractivity contribution is 0.0110. The molecule has 1 rings (SSSR count). The lowest BCUT2D eigenvalue weighted by atomic mass is 10.3. The highest BCUT2D eigenvalue weighted by atomic mass is 16.5. The maximum atomic E-state index is 5.58. The van der Waals surface area contributed by atoms with E-state index in [4.69, 9.17) is 14.2 Å². The number of rotatable bonds is 13. The maximum absolute atomic E-state index is 5.58. The van der Waals surface area contributed by atoms with Crippen LogP contribution in [0, 0.1) is 0 Å². The van der Waals surface area contributed by atoms with Gasteiger partial charge in [-0.15, -0.1) is 0 Å². The van der Waals surface area contributed by atoms with E-state index in [0.29, 0.717) is 32.5 Å². The van der Waals surface area contributed by atoms with Crippen molar-refractivity contribution in [2.45, 2.75) is 32.2 Å². The van der Waals surface area contributed by atoms with Crippen LogP contribution in [0.1, 0.15) is 26.2 Å². The van der Waals surface area contributed by atoms with Crippen LogP contribution in [-0.2, 0) is 14.2 Å². The molecule has 0 aromatic heterocycles. The standard InChI is InChI=1S/C15H32N2O3/c1-3-4-8-18-10-12-20-13-11-19-9-7-17-6-5-15(14-17)16-2/h15-16H,3-14H2,1-2H3. The third kappa shape index (κ3) is 8.87. The minimum absolute atomic E-state index is 0.658. The van der Waals surface area contributed by atoms with E-state index < -0.39 is 0 Å². The highest BCUT2D eigenvalue weighted by Crippen LogP contribution is 2.07. The molecule has 1 saturated heterocycles. The van der Waals surface area contributed by atoms with Crippen LogP contribution in [0.4, 0.5) is 0 Å². The summed E-state index contributed by atoms with van der Waals surface area (Å²) in [5, 5.41) is 3.32. The third-order valence-electron chi connectivity index (χ3n) is 3.62. The van der Waals surface area contributed by atoms with Crippen molar-refractivity contribution in [2.75, 3.05) is 66.3 Å². The second kappa shape index (κ2) is 12.5. The minimum atomic E-state index is 0.658.